The molecule has 12 heteroatoms. The molecule has 0 unspecified atom stereocenters. The second-order valence-electron chi connectivity index (χ2n) is 6.21. The van der Waals surface area contributed by atoms with Crippen LogP contribution in [-0.2, 0) is 27.6 Å². The fourth-order valence-electron chi connectivity index (χ4n) is 2.76. The van der Waals surface area contributed by atoms with Crippen LogP contribution < -0.4 is 5.32 Å². The van der Waals surface area contributed by atoms with Crippen LogP contribution in [0.5, 0.6) is 0 Å². The van der Waals surface area contributed by atoms with Crippen LogP contribution in [-0.4, -0.2) is 30.1 Å². The maximum absolute atomic E-state index is 14.1. The second-order valence-corrected chi connectivity index (χ2v) is 6.68. The number of nitrogens with one attached hydrogen (secondary N) is 1. The number of alkyl halides is 6. The molecular formula is C20H18ClF5N2O4. The summed E-state index contributed by atoms with van der Waals surface area (Å²) in [5, 5.41) is -2.02. The SMILES string of the molecule is CCOC(=O)c1c(C(F)(F)F)nc(C(F)(F)Cl)c(C(=O)OCC)c1NCc1ccccc1. The smallest absolute Gasteiger partial charge is 0.434 e. The Balaban J connectivity index is 2.89. The van der Waals surface area contributed by atoms with Crippen molar-refractivity contribution in [3.63, 3.8) is 0 Å². The molecule has 0 spiro atoms. The van der Waals surface area contributed by atoms with Gasteiger partial charge < -0.3 is 14.8 Å². The molecule has 2 rings (SSSR count). The van der Waals surface area contributed by atoms with Gasteiger partial charge in [-0.15, -0.1) is 0 Å². The Hall–Kier alpha value is -2.95. The van der Waals surface area contributed by atoms with E-state index in [1.165, 1.54) is 13.8 Å². The van der Waals surface area contributed by atoms with E-state index in [1.807, 2.05) is 0 Å². The van der Waals surface area contributed by atoms with Crippen LogP contribution in [0.4, 0.5) is 27.6 Å². The molecule has 0 aliphatic heterocycles. The van der Waals surface area contributed by atoms with Gasteiger partial charge in [0.25, 0.3) is 0 Å². The minimum absolute atomic E-state index is 0.228. The number of carbonyl (C=O) groups is 2. The highest BCUT2D eigenvalue weighted by atomic mass is 35.5. The molecule has 1 aromatic heterocycles. The van der Waals surface area contributed by atoms with E-state index < -0.39 is 51.7 Å². The number of anilines is 1. The molecule has 0 bridgehead atoms. The van der Waals surface area contributed by atoms with Crippen LogP contribution >= 0.6 is 11.6 Å². The van der Waals surface area contributed by atoms with Crippen LogP contribution in [0, 0.1) is 0 Å². The number of aromatic nitrogens is 1. The second kappa shape index (κ2) is 10.1. The van der Waals surface area contributed by atoms with E-state index in [9.17, 15) is 31.5 Å². The summed E-state index contributed by atoms with van der Waals surface area (Å²) in [5.41, 5.74) is -6.37. The Kier molecular flexibility index (Phi) is 8.00. The quantitative estimate of drug-likeness (QED) is 0.311. The predicted molar refractivity (Wildman–Crippen MR) is 105 cm³/mol. The molecule has 6 nitrogen and oxygen atoms in total. The summed E-state index contributed by atoms with van der Waals surface area (Å²) in [6.07, 6.45) is -5.35. The molecule has 1 heterocycles. The van der Waals surface area contributed by atoms with Crippen molar-refractivity contribution in [3.8, 4) is 0 Å². The summed E-state index contributed by atoms with van der Waals surface area (Å²) in [4.78, 5) is 27.9. The van der Waals surface area contributed by atoms with E-state index in [2.05, 4.69) is 15.0 Å². The van der Waals surface area contributed by atoms with Gasteiger partial charge in [0.2, 0.25) is 0 Å². The molecule has 32 heavy (non-hydrogen) atoms. The molecule has 0 fully saturated rings. The van der Waals surface area contributed by atoms with Gasteiger partial charge in [-0.3, -0.25) is 0 Å². The summed E-state index contributed by atoms with van der Waals surface area (Å²) in [6, 6.07) is 8.11. The molecule has 0 aliphatic carbocycles. The zero-order valence-electron chi connectivity index (χ0n) is 16.9. The van der Waals surface area contributed by atoms with Gasteiger partial charge in [-0.25, -0.2) is 14.6 Å². The molecule has 1 aromatic carbocycles. The van der Waals surface area contributed by atoms with Crippen LogP contribution in [0.1, 0.15) is 51.5 Å². The maximum Gasteiger partial charge on any atom is 0.434 e. The molecular weight excluding hydrogens is 463 g/mol. The van der Waals surface area contributed by atoms with Crippen molar-refractivity contribution in [2.75, 3.05) is 18.5 Å². The number of hydrogen-bond donors (Lipinski definition) is 1. The van der Waals surface area contributed by atoms with Gasteiger partial charge in [0.1, 0.15) is 16.8 Å². The molecule has 1 N–H and O–H groups in total. The van der Waals surface area contributed by atoms with Gasteiger partial charge >= 0.3 is 23.5 Å². The molecule has 0 amide bonds. The molecule has 0 saturated heterocycles. The summed E-state index contributed by atoms with van der Waals surface area (Å²) in [7, 11) is 0. The summed E-state index contributed by atoms with van der Waals surface area (Å²) >= 11 is 5.00. The zero-order valence-corrected chi connectivity index (χ0v) is 17.6. The lowest BCUT2D eigenvalue weighted by atomic mass is 10.0. The summed E-state index contributed by atoms with van der Waals surface area (Å²) in [5.74, 6) is -2.96. The predicted octanol–water partition coefficient (Wildman–Crippen LogP) is 5.35. The Morgan fingerprint density at radius 2 is 1.44 bits per heavy atom. The number of pyridine rings is 1. The highest BCUT2D eigenvalue weighted by Gasteiger charge is 2.46. The topological polar surface area (TPSA) is 77.5 Å². The molecule has 0 saturated carbocycles. The van der Waals surface area contributed by atoms with Gasteiger partial charge in [0.05, 0.1) is 18.9 Å². The third kappa shape index (κ3) is 5.84. The van der Waals surface area contributed by atoms with E-state index in [1.54, 1.807) is 30.3 Å². The van der Waals surface area contributed by atoms with Crippen molar-refractivity contribution >= 4 is 29.2 Å². The molecule has 0 atom stereocenters. The molecule has 2 aromatic rings. The third-order valence-corrected chi connectivity index (χ3v) is 4.18. The number of rotatable bonds is 8. The number of ether oxygens (including phenoxy) is 2. The first kappa shape index (κ1) is 25.3. The zero-order chi connectivity index (χ0) is 24.1. The lowest BCUT2D eigenvalue weighted by Crippen LogP contribution is -2.27. The number of benzene rings is 1. The average Bonchev–Trinajstić information content (AvgIpc) is 2.70. The molecule has 0 aliphatic rings. The Morgan fingerprint density at radius 3 is 1.88 bits per heavy atom. The van der Waals surface area contributed by atoms with E-state index in [0.717, 1.165) is 0 Å². The van der Waals surface area contributed by atoms with Gasteiger partial charge in [-0.05, 0) is 31.0 Å². The summed E-state index contributed by atoms with van der Waals surface area (Å²) < 4.78 is 78.8. The lowest BCUT2D eigenvalue weighted by Gasteiger charge is -2.23. The van der Waals surface area contributed by atoms with Crippen molar-refractivity contribution in [3.05, 3.63) is 58.4 Å². The van der Waals surface area contributed by atoms with Crippen LogP contribution in [0.15, 0.2) is 30.3 Å². The number of nitrogens with zero attached hydrogens (tertiary/aromatic N) is 1. The average molecular weight is 481 g/mol. The standard InChI is InChI=1S/C20H18ClF5N2O4/c1-3-31-17(29)12-14(27-10-11-8-6-5-7-9-11)13(18(30)32-4-2)16(20(24,25)26)28-15(12)19(21,22)23/h5-9H,3-4,10H2,1-2H3,(H,27,28). The first-order valence-corrected chi connectivity index (χ1v) is 9.63. The third-order valence-electron chi connectivity index (χ3n) is 4.01. The summed E-state index contributed by atoms with van der Waals surface area (Å²) in [6.45, 7) is 1.85. The molecule has 0 radical (unpaired) electrons. The fraction of sp³-hybridized carbons (Fsp3) is 0.350. The highest BCUT2D eigenvalue weighted by Crippen LogP contribution is 2.43. The fourth-order valence-corrected chi connectivity index (χ4v) is 2.90. The van der Waals surface area contributed by atoms with E-state index in [4.69, 9.17) is 16.3 Å². The Morgan fingerprint density at radius 1 is 0.938 bits per heavy atom. The minimum atomic E-state index is -5.35. The monoisotopic (exact) mass is 480 g/mol. The highest BCUT2D eigenvalue weighted by molar-refractivity contribution is 6.22. The van der Waals surface area contributed by atoms with Crippen LogP contribution in [0.2, 0.25) is 0 Å². The van der Waals surface area contributed by atoms with Crippen molar-refractivity contribution < 1.29 is 41.0 Å². The van der Waals surface area contributed by atoms with Gasteiger partial charge in [0, 0.05) is 6.54 Å². The van der Waals surface area contributed by atoms with Gasteiger partial charge in [0.15, 0.2) is 5.69 Å². The first-order chi connectivity index (χ1) is 14.9. The number of esters is 2. The van der Waals surface area contributed by atoms with Crippen molar-refractivity contribution in [1.82, 2.24) is 4.98 Å². The van der Waals surface area contributed by atoms with E-state index in [-0.39, 0.29) is 19.8 Å². The normalized spacial score (nSPS) is 11.8. The van der Waals surface area contributed by atoms with Gasteiger partial charge in [-0.1, -0.05) is 30.3 Å². The number of carbonyl (C=O) groups excluding carboxylic acids is 2. The Bertz CT molecular complexity index is 924. The largest absolute Gasteiger partial charge is 0.462 e. The van der Waals surface area contributed by atoms with Crippen LogP contribution in [0.25, 0.3) is 0 Å². The Labute approximate surface area is 184 Å². The minimum Gasteiger partial charge on any atom is -0.462 e. The molecule has 174 valence electrons. The van der Waals surface area contributed by atoms with E-state index >= 15 is 0 Å². The number of halogens is 6. The number of hydrogen-bond acceptors (Lipinski definition) is 6. The van der Waals surface area contributed by atoms with Crippen molar-refractivity contribution in [2.45, 2.75) is 32.0 Å². The van der Waals surface area contributed by atoms with Crippen molar-refractivity contribution in [1.29, 1.82) is 0 Å². The maximum atomic E-state index is 14.1. The first-order valence-electron chi connectivity index (χ1n) is 9.26. The lowest BCUT2D eigenvalue weighted by molar-refractivity contribution is -0.142. The van der Waals surface area contributed by atoms with E-state index in [0.29, 0.717) is 5.56 Å². The van der Waals surface area contributed by atoms with Crippen molar-refractivity contribution in [2.24, 2.45) is 0 Å². The van der Waals surface area contributed by atoms with Gasteiger partial charge in [-0.2, -0.15) is 22.0 Å². The van der Waals surface area contributed by atoms with Crippen LogP contribution in [0.3, 0.4) is 0 Å².